The number of thiocarbonyl (C=S) groups is 1. The highest BCUT2D eigenvalue weighted by atomic mass is 32.1. The standard InChI is InChI=1S/C15H20N2OS/c1-2-12(11-7-4-3-5-8-11)15(18)17-10-6-9-13(17)14(16)19/h3-5,7-8,12-13H,2,6,9-10H2,1H3,(H2,16,19). The number of carbonyl (C=O) groups excluding carboxylic acids is 1. The van der Waals surface area contributed by atoms with Gasteiger partial charge in [0.25, 0.3) is 0 Å². The highest BCUT2D eigenvalue weighted by Gasteiger charge is 2.34. The summed E-state index contributed by atoms with van der Waals surface area (Å²) in [6.07, 6.45) is 2.68. The number of nitrogens with zero attached hydrogens (tertiary/aromatic N) is 1. The average molecular weight is 276 g/mol. The first-order valence-electron chi connectivity index (χ1n) is 6.80. The van der Waals surface area contributed by atoms with Gasteiger partial charge in [-0.05, 0) is 24.8 Å². The van der Waals surface area contributed by atoms with E-state index in [1.165, 1.54) is 0 Å². The van der Waals surface area contributed by atoms with E-state index in [4.69, 9.17) is 18.0 Å². The van der Waals surface area contributed by atoms with Gasteiger partial charge in [-0.2, -0.15) is 0 Å². The van der Waals surface area contributed by atoms with Crippen molar-refractivity contribution in [3.05, 3.63) is 35.9 Å². The maximum absolute atomic E-state index is 12.7. The van der Waals surface area contributed by atoms with E-state index in [2.05, 4.69) is 0 Å². The van der Waals surface area contributed by atoms with Gasteiger partial charge in [-0.25, -0.2) is 0 Å². The lowest BCUT2D eigenvalue weighted by atomic mass is 9.95. The zero-order valence-electron chi connectivity index (χ0n) is 11.2. The van der Waals surface area contributed by atoms with E-state index in [1.807, 2.05) is 42.2 Å². The first-order valence-corrected chi connectivity index (χ1v) is 7.20. The quantitative estimate of drug-likeness (QED) is 0.859. The van der Waals surface area contributed by atoms with E-state index in [0.717, 1.165) is 31.4 Å². The van der Waals surface area contributed by atoms with Crippen LogP contribution in [0.3, 0.4) is 0 Å². The Balaban J connectivity index is 2.19. The van der Waals surface area contributed by atoms with Gasteiger partial charge < -0.3 is 10.6 Å². The Labute approximate surface area is 119 Å². The molecule has 1 saturated heterocycles. The van der Waals surface area contributed by atoms with E-state index in [9.17, 15) is 4.79 Å². The van der Waals surface area contributed by atoms with Crippen LogP contribution in [0.25, 0.3) is 0 Å². The predicted molar refractivity (Wildman–Crippen MR) is 81.0 cm³/mol. The molecule has 0 saturated carbocycles. The van der Waals surface area contributed by atoms with Crippen molar-refractivity contribution in [3.63, 3.8) is 0 Å². The van der Waals surface area contributed by atoms with E-state index in [1.54, 1.807) is 0 Å². The van der Waals surface area contributed by atoms with Crippen molar-refractivity contribution in [3.8, 4) is 0 Å². The van der Waals surface area contributed by atoms with Crippen LogP contribution < -0.4 is 5.73 Å². The van der Waals surface area contributed by atoms with Crippen molar-refractivity contribution < 1.29 is 4.79 Å². The summed E-state index contributed by atoms with van der Waals surface area (Å²) in [7, 11) is 0. The van der Waals surface area contributed by atoms with Gasteiger partial charge in [0, 0.05) is 6.54 Å². The molecule has 1 aromatic carbocycles. The van der Waals surface area contributed by atoms with Crippen molar-refractivity contribution in [1.29, 1.82) is 0 Å². The Morgan fingerprint density at radius 2 is 2.16 bits per heavy atom. The minimum atomic E-state index is -0.0869. The molecule has 3 nitrogen and oxygen atoms in total. The third kappa shape index (κ3) is 2.95. The summed E-state index contributed by atoms with van der Waals surface area (Å²) >= 11 is 5.08. The van der Waals surface area contributed by atoms with E-state index < -0.39 is 0 Å². The molecular weight excluding hydrogens is 256 g/mol. The van der Waals surface area contributed by atoms with Crippen LogP contribution in [0.2, 0.25) is 0 Å². The van der Waals surface area contributed by atoms with E-state index in [-0.39, 0.29) is 17.9 Å². The smallest absolute Gasteiger partial charge is 0.230 e. The van der Waals surface area contributed by atoms with Gasteiger partial charge in [-0.1, -0.05) is 49.5 Å². The zero-order valence-corrected chi connectivity index (χ0v) is 12.0. The van der Waals surface area contributed by atoms with Gasteiger partial charge in [0.15, 0.2) is 0 Å². The van der Waals surface area contributed by atoms with Crippen LogP contribution in [0, 0.1) is 0 Å². The molecule has 0 spiro atoms. The number of rotatable bonds is 4. The summed E-state index contributed by atoms with van der Waals surface area (Å²) in [6, 6.07) is 9.88. The molecule has 4 heteroatoms. The fraction of sp³-hybridized carbons (Fsp3) is 0.467. The van der Waals surface area contributed by atoms with Gasteiger partial charge in [-0.3, -0.25) is 4.79 Å². The van der Waals surface area contributed by atoms with Crippen LogP contribution in [0.1, 0.15) is 37.7 Å². The molecule has 1 aromatic rings. The van der Waals surface area contributed by atoms with Crippen LogP contribution in [-0.4, -0.2) is 28.4 Å². The third-order valence-corrected chi connectivity index (χ3v) is 4.04. The summed E-state index contributed by atoms with van der Waals surface area (Å²) in [5.74, 6) is 0.0696. The summed E-state index contributed by atoms with van der Waals surface area (Å²) in [5.41, 5.74) is 6.82. The molecule has 1 fully saturated rings. The zero-order chi connectivity index (χ0) is 13.8. The van der Waals surface area contributed by atoms with Crippen LogP contribution >= 0.6 is 12.2 Å². The van der Waals surface area contributed by atoms with Gasteiger partial charge in [0.2, 0.25) is 5.91 Å². The van der Waals surface area contributed by atoms with Gasteiger partial charge in [0.1, 0.15) is 0 Å². The molecule has 2 rings (SSSR count). The molecule has 2 N–H and O–H groups in total. The number of benzene rings is 1. The highest BCUT2D eigenvalue weighted by Crippen LogP contribution is 2.27. The maximum atomic E-state index is 12.7. The van der Waals surface area contributed by atoms with E-state index in [0.29, 0.717) is 4.99 Å². The molecule has 0 radical (unpaired) electrons. The molecule has 2 atom stereocenters. The summed E-state index contributed by atoms with van der Waals surface area (Å²) in [4.78, 5) is 15.0. The monoisotopic (exact) mass is 276 g/mol. The lowest BCUT2D eigenvalue weighted by Gasteiger charge is -2.28. The van der Waals surface area contributed by atoms with Crippen LogP contribution in [-0.2, 0) is 4.79 Å². The Kier molecular flexibility index (Phi) is 4.53. The number of hydrogen-bond acceptors (Lipinski definition) is 2. The highest BCUT2D eigenvalue weighted by molar-refractivity contribution is 7.80. The van der Waals surface area contributed by atoms with Gasteiger partial charge in [0.05, 0.1) is 16.9 Å². The molecule has 1 aliphatic heterocycles. The molecule has 0 aromatic heterocycles. The molecular formula is C15H20N2OS. The number of hydrogen-bond donors (Lipinski definition) is 1. The minimum absolute atomic E-state index is 0.0553. The number of nitrogens with two attached hydrogens (primary N) is 1. The van der Waals surface area contributed by atoms with Crippen LogP contribution in [0.4, 0.5) is 0 Å². The van der Waals surface area contributed by atoms with Crippen LogP contribution in [0.15, 0.2) is 30.3 Å². The Bertz CT molecular complexity index is 460. The first kappa shape index (κ1) is 14.0. The minimum Gasteiger partial charge on any atom is -0.392 e. The van der Waals surface area contributed by atoms with Crippen molar-refractivity contribution >= 4 is 23.1 Å². The second kappa shape index (κ2) is 6.15. The maximum Gasteiger partial charge on any atom is 0.230 e. The molecule has 19 heavy (non-hydrogen) atoms. The first-order chi connectivity index (χ1) is 9.15. The Morgan fingerprint density at radius 1 is 1.47 bits per heavy atom. The Morgan fingerprint density at radius 3 is 2.74 bits per heavy atom. The topological polar surface area (TPSA) is 46.3 Å². The normalized spacial score (nSPS) is 20.3. The number of carbonyl (C=O) groups is 1. The lowest BCUT2D eigenvalue weighted by molar-refractivity contribution is -0.132. The predicted octanol–water partition coefficient (Wildman–Crippen LogP) is 2.46. The molecule has 1 aliphatic rings. The third-order valence-electron chi connectivity index (χ3n) is 3.77. The number of likely N-dealkylation sites (tertiary alicyclic amines) is 1. The van der Waals surface area contributed by atoms with Crippen molar-refractivity contribution in [2.45, 2.75) is 38.1 Å². The Hall–Kier alpha value is -1.42. The summed E-state index contributed by atoms with van der Waals surface area (Å²) in [5, 5.41) is 0. The van der Waals surface area contributed by atoms with Gasteiger partial charge >= 0.3 is 0 Å². The largest absolute Gasteiger partial charge is 0.392 e. The number of amides is 1. The molecule has 1 heterocycles. The van der Waals surface area contributed by atoms with E-state index >= 15 is 0 Å². The van der Waals surface area contributed by atoms with Crippen LogP contribution in [0.5, 0.6) is 0 Å². The summed E-state index contributed by atoms with van der Waals surface area (Å²) < 4.78 is 0. The van der Waals surface area contributed by atoms with Crippen molar-refractivity contribution in [1.82, 2.24) is 4.90 Å². The fourth-order valence-electron chi connectivity index (χ4n) is 2.76. The van der Waals surface area contributed by atoms with Gasteiger partial charge in [-0.15, -0.1) is 0 Å². The van der Waals surface area contributed by atoms with Crippen molar-refractivity contribution in [2.24, 2.45) is 5.73 Å². The lowest BCUT2D eigenvalue weighted by Crippen LogP contribution is -2.44. The second-order valence-corrected chi connectivity index (χ2v) is 5.43. The molecule has 102 valence electrons. The van der Waals surface area contributed by atoms with Crippen molar-refractivity contribution in [2.75, 3.05) is 6.54 Å². The average Bonchev–Trinajstić information content (AvgIpc) is 2.90. The second-order valence-electron chi connectivity index (χ2n) is 4.96. The molecule has 0 aliphatic carbocycles. The summed E-state index contributed by atoms with van der Waals surface area (Å²) in [6.45, 7) is 2.81. The molecule has 0 bridgehead atoms. The SMILES string of the molecule is CCC(C(=O)N1CCCC1C(N)=S)c1ccccc1. The molecule has 1 amide bonds. The fourth-order valence-corrected chi connectivity index (χ4v) is 3.01. The molecule has 2 unspecified atom stereocenters.